The molecule has 1 atom stereocenters. The highest BCUT2D eigenvalue weighted by atomic mass is 32.2. The van der Waals surface area contributed by atoms with Gasteiger partial charge in [0.2, 0.25) is 15.8 Å². The highest BCUT2D eigenvalue weighted by Gasteiger charge is 2.43. The van der Waals surface area contributed by atoms with Crippen molar-refractivity contribution in [3.05, 3.63) is 94.8 Å². The van der Waals surface area contributed by atoms with E-state index in [1.54, 1.807) is 54.9 Å². The summed E-state index contributed by atoms with van der Waals surface area (Å²) < 4.78 is 25.4. The van der Waals surface area contributed by atoms with Crippen LogP contribution in [0.1, 0.15) is 58.6 Å². The Morgan fingerprint density at radius 1 is 1.00 bits per heavy atom. The molecule has 0 bridgehead atoms. The number of benzene rings is 2. The maximum atomic E-state index is 13.1. The monoisotopic (exact) mass is 408 g/mol. The van der Waals surface area contributed by atoms with E-state index < -0.39 is 14.8 Å². The van der Waals surface area contributed by atoms with Crippen molar-refractivity contribution in [2.75, 3.05) is 0 Å². The molecule has 2 N–H and O–H groups in total. The quantitative estimate of drug-likeness (QED) is 0.632. The van der Waals surface area contributed by atoms with E-state index in [0.29, 0.717) is 28.4 Å². The first-order chi connectivity index (χ1) is 13.7. The van der Waals surface area contributed by atoms with Gasteiger partial charge in [-0.15, -0.1) is 0 Å². The first-order valence-electron chi connectivity index (χ1n) is 9.62. The lowest BCUT2D eigenvalue weighted by Crippen LogP contribution is -2.40. The molecular weight excluding hydrogens is 384 g/mol. The van der Waals surface area contributed by atoms with Gasteiger partial charge in [0.15, 0.2) is 0 Å². The fourth-order valence-electron chi connectivity index (χ4n) is 3.90. The molecule has 1 heterocycles. The predicted octanol–water partition coefficient (Wildman–Crippen LogP) is 3.69. The second kappa shape index (κ2) is 6.97. The van der Waals surface area contributed by atoms with Crippen LogP contribution in [0, 0.1) is 0 Å². The molecule has 6 heteroatoms. The molecule has 5 nitrogen and oxygen atoms in total. The zero-order valence-corrected chi connectivity index (χ0v) is 17.3. The van der Waals surface area contributed by atoms with Crippen molar-refractivity contribution >= 4 is 15.8 Å². The summed E-state index contributed by atoms with van der Waals surface area (Å²) in [6, 6.07) is 19.9. The van der Waals surface area contributed by atoms with Crippen LogP contribution in [0.2, 0.25) is 0 Å². The van der Waals surface area contributed by atoms with Gasteiger partial charge in [0, 0.05) is 18.3 Å². The molecule has 1 unspecified atom stereocenters. The Hall–Kier alpha value is -2.70. The van der Waals surface area contributed by atoms with Gasteiger partial charge >= 0.3 is 0 Å². The molecule has 1 saturated carbocycles. The normalized spacial score (nSPS) is 16.4. The van der Waals surface area contributed by atoms with Crippen LogP contribution < -0.4 is 5.14 Å². The van der Waals surface area contributed by atoms with Gasteiger partial charge < -0.3 is 4.57 Å². The Morgan fingerprint density at radius 3 is 2.17 bits per heavy atom. The number of rotatable bonds is 6. The molecule has 2 aromatic carbocycles. The molecule has 3 aromatic rings. The Labute approximate surface area is 171 Å². The number of nitrogens with zero attached hydrogens (tertiary/aromatic N) is 1. The lowest BCUT2D eigenvalue weighted by molar-refractivity contribution is 0.103. The minimum absolute atomic E-state index is 0.147. The largest absolute Gasteiger partial charge is 0.343 e. The summed E-state index contributed by atoms with van der Waals surface area (Å²) in [5.41, 5.74) is 3.27. The van der Waals surface area contributed by atoms with Gasteiger partial charge in [0.25, 0.3) is 0 Å². The van der Waals surface area contributed by atoms with Gasteiger partial charge in [-0.2, -0.15) is 0 Å². The number of hydrogen-bond acceptors (Lipinski definition) is 3. The Kier molecular flexibility index (Phi) is 4.71. The van der Waals surface area contributed by atoms with E-state index in [-0.39, 0.29) is 5.78 Å². The first-order valence-corrected chi connectivity index (χ1v) is 11.2. The van der Waals surface area contributed by atoms with Gasteiger partial charge in [0.05, 0.1) is 5.69 Å². The third kappa shape index (κ3) is 3.32. The molecule has 150 valence electrons. The van der Waals surface area contributed by atoms with Gasteiger partial charge in [0.1, 0.15) is 4.75 Å². The minimum Gasteiger partial charge on any atom is -0.343 e. The van der Waals surface area contributed by atoms with E-state index in [1.165, 1.54) is 18.4 Å². The molecule has 1 aliphatic carbocycles. The van der Waals surface area contributed by atoms with Crippen molar-refractivity contribution in [2.24, 2.45) is 12.2 Å². The van der Waals surface area contributed by atoms with Crippen LogP contribution in [-0.4, -0.2) is 18.8 Å². The van der Waals surface area contributed by atoms with E-state index in [9.17, 15) is 13.2 Å². The Bertz CT molecular complexity index is 1160. The van der Waals surface area contributed by atoms with E-state index >= 15 is 0 Å². The standard InChI is InChI=1S/C23H24N2O3S/c1-23(29(24,27)28,19-6-4-3-5-7-19)21-15-14-20(25(21)2)22(26)18-12-10-17(11-13-18)16-8-9-16/h3-7,10-16H,8-9H2,1-2H3,(H2,24,27,28). The van der Waals surface area contributed by atoms with Crippen LogP contribution in [0.5, 0.6) is 0 Å². The zero-order valence-electron chi connectivity index (χ0n) is 16.5. The molecule has 4 rings (SSSR count). The molecule has 29 heavy (non-hydrogen) atoms. The van der Waals surface area contributed by atoms with Crippen LogP contribution in [0.25, 0.3) is 0 Å². The summed E-state index contributed by atoms with van der Waals surface area (Å²) in [6.45, 7) is 1.58. The summed E-state index contributed by atoms with van der Waals surface area (Å²) in [7, 11) is -2.31. The molecule has 0 saturated heterocycles. The van der Waals surface area contributed by atoms with Crippen molar-refractivity contribution in [1.29, 1.82) is 0 Å². The molecule has 1 aromatic heterocycles. The number of primary sulfonamides is 1. The van der Waals surface area contributed by atoms with Crippen LogP contribution in [0.15, 0.2) is 66.7 Å². The number of aromatic nitrogens is 1. The number of carbonyl (C=O) groups is 1. The van der Waals surface area contributed by atoms with Gasteiger partial charge in [-0.1, -0.05) is 54.6 Å². The summed E-state index contributed by atoms with van der Waals surface area (Å²) in [5.74, 6) is 0.480. The van der Waals surface area contributed by atoms with Crippen molar-refractivity contribution in [2.45, 2.75) is 30.4 Å². The Balaban J connectivity index is 1.76. The molecule has 1 fully saturated rings. The summed E-state index contributed by atoms with van der Waals surface area (Å²) in [4.78, 5) is 13.1. The average Bonchev–Trinajstić information content (AvgIpc) is 3.49. The van der Waals surface area contributed by atoms with Crippen LogP contribution in [0.4, 0.5) is 0 Å². The zero-order chi connectivity index (χ0) is 20.8. The fraction of sp³-hybridized carbons (Fsp3) is 0.261. The summed E-state index contributed by atoms with van der Waals surface area (Å²) >= 11 is 0. The number of carbonyl (C=O) groups excluding carboxylic acids is 1. The van der Waals surface area contributed by atoms with Crippen molar-refractivity contribution in [3.63, 3.8) is 0 Å². The summed E-state index contributed by atoms with van der Waals surface area (Å²) in [5, 5.41) is 5.67. The lowest BCUT2D eigenvalue weighted by atomic mass is 9.96. The SMILES string of the molecule is Cn1c(C(=O)c2ccc(C3CC3)cc2)ccc1C(C)(c1ccccc1)S(N)(=O)=O. The predicted molar refractivity (Wildman–Crippen MR) is 113 cm³/mol. The first kappa shape index (κ1) is 19.6. The molecular formula is C23H24N2O3S. The van der Waals surface area contributed by atoms with Crippen molar-refractivity contribution in [3.8, 4) is 0 Å². The van der Waals surface area contributed by atoms with Crippen LogP contribution in [-0.2, 0) is 21.8 Å². The number of hydrogen-bond donors (Lipinski definition) is 1. The smallest absolute Gasteiger partial charge is 0.224 e. The average molecular weight is 409 g/mol. The van der Waals surface area contributed by atoms with E-state index in [0.717, 1.165) is 0 Å². The highest BCUT2D eigenvalue weighted by molar-refractivity contribution is 7.90. The highest BCUT2D eigenvalue weighted by Crippen LogP contribution is 2.40. The second-order valence-electron chi connectivity index (χ2n) is 7.83. The third-order valence-corrected chi connectivity index (χ3v) is 7.54. The van der Waals surface area contributed by atoms with E-state index in [4.69, 9.17) is 5.14 Å². The van der Waals surface area contributed by atoms with Gasteiger partial charge in [-0.05, 0) is 48.9 Å². The van der Waals surface area contributed by atoms with E-state index in [1.807, 2.05) is 30.3 Å². The molecule has 0 amide bonds. The molecule has 0 aliphatic heterocycles. The third-order valence-electron chi connectivity index (χ3n) is 5.96. The van der Waals surface area contributed by atoms with Gasteiger partial charge in [-0.3, -0.25) is 4.79 Å². The van der Waals surface area contributed by atoms with Gasteiger partial charge in [-0.25, -0.2) is 13.6 Å². The Morgan fingerprint density at radius 2 is 1.62 bits per heavy atom. The number of nitrogens with two attached hydrogens (primary N) is 1. The number of ketones is 1. The second-order valence-corrected chi connectivity index (χ2v) is 9.74. The molecule has 1 aliphatic rings. The lowest BCUT2D eigenvalue weighted by Gasteiger charge is -2.29. The van der Waals surface area contributed by atoms with Crippen LogP contribution >= 0.6 is 0 Å². The van der Waals surface area contributed by atoms with Crippen molar-refractivity contribution in [1.82, 2.24) is 4.57 Å². The minimum atomic E-state index is -4.01. The molecule has 0 radical (unpaired) electrons. The topological polar surface area (TPSA) is 82.2 Å². The van der Waals surface area contributed by atoms with Crippen molar-refractivity contribution < 1.29 is 13.2 Å². The summed E-state index contributed by atoms with van der Waals surface area (Å²) in [6.07, 6.45) is 2.42. The number of sulfonamides is 1. The fourth-order valence-corrected chi connectivity index (χ4v) is 4.86. The maximum Gasteiger partial charge on any atom is 0.224 e. The van der Waals surface area contributed by atoms with E-state index in [2.05, 4.69) is 0 Å². The van der Waals surface area contributed by atoms with Crippen LogP contribution in [0.3, 0.4) is 0 Å². The maximum absolute atomic E-state index is 13.1. The molecule has 0 spiro atoms.